The number of anilines is 1. The molecule has 0 saturated heterocycles. The monoisotopic (exact) mass is 301 g/mol. The molecule has 0 aliphatic carbocycles. The van der Waals surface area contributed by atoms with Gasteiger partial charge in [-0.1, -0.05) is 25.1 Å². The average Bonchev–Trinajstić information content (AvgIpc) is 2.98. The fraction of sp³-hybridized carbons (Fsp3) is 0.158. The molecule has 0 amide bonds. The highest BCUT2D eigenvalue weighted by atomic mass is 16.1. The highest BCUT2D eigenvalue weighted by molar-refractivity contribution is 5.92. The van der Waals surface area contributed by atoms with Crippen LogP contribution in [-0.4, -0.2) is 11.5 Å². The largest absolute Gasteiger partial charge is 0.380 e. The second-order valence-electron chi connectivity index (χ2n) is 5.98. The Kier molecular flexibility index (Phi) is 2.95. The van der Waals surface area contributed by atoms with Crippen molar-refractivity contribution in [2.45, 2.75) is 12.8 Å². The van der Waals surface area contributed by atoms with Gasteiger partial charge < -0.3 is 10.3 Å². The molecule has 4 rings (SSSR count). The summed E-state index contributed by atoms with van der Waals surface area (Å²) in [5.74, 6) is 0.301. The van der Waals surface area contributed by atoms with Crippen LogP contribution in [0.2, 0.25) is 0 Å². The minimum absolute atomic E-state index is 0.0592. The van der Waals surface area contributed by atoms with Gasteiger partial charge in [0.1, 0.15) is 5.69 Å². The number of benzene rings is 2. The van der Waals surface area contributed by atoms with E-state index in [0.29, 0.717) is 17.2 Å². The van der Waals surface area contributed by atoms with Gasteiger partial charge in [-0.05, 0) is 41.0 Å². The van der Waals surface area contributed by atoms with Gasteiger partial charge in [0.2, 0.25) is 0 Å². The molecule has 0 spiro atoms. The number of nitrogens with one attached hydrogen (secondary N) is 2. The smallest absolute Gasteiger partial charge is 0.272 e. The van der Waals surface area contributed by atoms with Crippen LogP contribution in [0.15, 0.2) is 47.3 Å². The van der Waals surface area contributed by atoms with Crippen molar-refractivity contribution in [3.05, 3.63) is 63.9 Å². The third-order valence-corrected chi connectivity index (χ3v) is 4.46. The van der Waals surface area contributed by atoms with Gasteiger partial charge in [0.15, 0.2) is 0 Å². The first kappa shape index (κ1) is 13.6. The third kappa shape index (κ3) is 2.09. The highest BCUT2D eigenvalue weighted by Crippen LogP contribution is 2.35. The number of rotatable bonds is 1. The van der Waals surface area contributed by atoms with Crippen LogP contribution in [0.1, 0.15) is 24.0 Å². The zero-order valence-corrected chi connectivity index (χ0v) is 12.7. The molecule has 2 aromatic carbocycles. The van der Waals surface area contributed by atoms with E-state index in [-0.39, 0.29) is 5.56 Å². The summed E-state index contributed by atoms with van der Waals surface area (Å²) in [7, 11) is 0. The fourth-order valence-corrected chi connectivity index (χ4v) is 3.31. The zero-order valence-electron chi connectivity index (χ0n) is 12.7. The molecule has 112 valence electrons. The summed E-state index contributed by atoms with van der Waals surface area (Å²) in [6.45, 7) is 2.91. The third-order valence-electron chi connectivity index (χ3n) is 4.46. The molecule has 1 aliphatic rings. The lowest BCUT2D eigenvalue weighted by Gasteiger charge is -2.10. The quantitative estimate of drug-likeness (QED) is 0.721. The van der Waals surface area contributed by atoms with Crippen LogP contribution in [0.25, 0.3) is 22.0 Å². The zero-order chi connectivity index (χ0) is 16.0. The second-order valence-corrected chi connectivity index (χ2v) is 5.98. The molecule has 0 saturated carbocycles. The summed E-state index contributed by atoms with van der Waals surface area (Å²) in [5.41, 5.74) is 5.26. The van der Waals surface area contributed by atoms with Gasteiger partial charge in [-0.25, -0.2) is 0 Å². The van der Waals surface area contributed by atoms with E-state index in [1.54, 1.807) is 6.07 Å². The van der Waals surface area contributed by atoms with Gasteiger partial charge in [-0.3, -0.25) is 4.79 Å². The molecule has 0 fully saturated rings. The Hall–Kier alpha value is -3.06. The number of hydrogen-bond acceptors (Lipinski definition) is 3. The standard InChI is InChI=1S/C19H15N3O/c1-11-10-21-18-17(11)15-8-14(5-6-16(15)22-19(18)23)13-4-2-3-12(7-13)9-20/h2-8,11,21H,10H2,1H3,(H,22,23). The number of H-pyrrole nitrogens is 1. The average molecular weight is 301 g/mol. The minimum atomic E-state index is -0.0592. The van der Waals surface area contributed by atoms with Crippen LogP contribution >= 0.6 is 0 Å². The number of nitrogens with zero attached hydrogens (tertiary/aromatic N) is 1. The normalized spacial score (nSPS) is 15.9. The lowest BCUT2D eigenvalue weighted by atomic mass is 9.95. The molecule has 0 radical (unpaired) electrons. The predicted molar refractivity (Wildman–Crippen MR) is 91.6 cm³/mol. The number of nitriles is 1. The number of aromatic amines is 1. The highest BCUT2D eigenvalue weighted by Gasteiger charge is 2.24. The van der Waals surface area contributed by atoms with Gasteiger partial charge in [0.05, 0.1) is 11.6 Å². The van der Waals surface area contributed by atoms with E-state index < -0.39 is 0 Å². The minimum Gasteiger partial charge on any atom is -0.380 e. The first-order chi connectivity index (χ1) is 11.2. The Balaban J connectivity index is 1.98. The number of fused-ring (bicyclic) bond motifs is 3. The van der Waals surface area contributed by atoms with Crippen LogP contribution < -0.4 is 10.9 Å². The summed E-state index contributed by atoms with van der Waals surface area (Å²) in [5, 5.41) is 13.3. The van der Waals surface area contributed by atoms with Gasteiger partial charge in [0.25, 0.3) is 5.56 Å². The van der Waals surface area contributed by atoms with E-state index in [1.807, 2.05) is 30.3 Å². The maximum Gasteiger partial charge on any atom is 0.272 e. The van der Waals surface area contributed by atoms with Crippen molar-refractivity contribution in [3.63, 3.8) is 0 Å². The SMILES string of the molecule is CC1CNc2c1c1cc(-c3cccc(C#N)c3)ccc1[nH]c2=O. The summed E-state index contributed by atoms with van der Waals surface area (Å²) in [6.07, 6.45) is 0. The van der Waals surface area contributed by atoms with Gasteiger partial charge in [-0.15, -0.1) is 0 Å². The van der Waals surface area contributed by atoms with E-state index in [2.05, 4.69) is 29.4 Å². The Morgan fingerprint density at radius 1 is 1.17 bits per heavy atom. The Morgan fingerprint density at radius 3 is 2.83 bits per heavy atom. The van der Waals surface area contributed by atoms with E-state index in [4.69, 9.17) is 5.26 Å². The van der Waals surface area contributed by atoms with Gasteiger partial charge >= 0.3 is 0 Å². The number of pyridine rings is 1. The maximum atomic E-state index is 12.2. The van der Waals surface area contributed by atoms with E-state index in [0.717, 1.165) is 34.1 Å². The molecule has 1 atom stereocenters. The Morgan fingerprint density at radius 2 is 2.00 bits per heavy atom. The maximum absolute atomic E-state index is 12.2. The van der Waals surface area contributed by atoms with Crippen molar-refractivity contribution >= 4 is 16.6 Å². The molecular weight excluding hydrogens is 286 g/mol. The van der Waals surface area contributed by atoms with Gasteiger partial charge in [-0.2, -0.15) is 5.26 Å². The second kappa shape index (κ2) is 4.99. The Bertz CT molecular complexity index is 1030. The Labute approximate surface area is 133 Å². The van der Waals surface area contributed by atoms with Crippen molar-refractivity contribution in [1.82, 2.24) is 4.98 Å². The molecule has 0 bridgehead atoms. The summed E-state index contributed by atoms with van der Waals surface area (Å²) < 4.78 is 0. The van der Waals surface area contributed by atoms with Crippen molar-refractivity contribution < 1.29 is 0 Å². The molecule has 23 heavy (non-hydrogen) atoms. The number of hydrogen-bond donors (Lipinski definition) is 2. The molecule has 2 heterocycles. The molecule has 4 nitrogen and oxygen atoms in total. The fourth-order valence-electron chi connectivity index (χ4n) is 3.31. The first-order valence-corrected chi connectivity index (χ1v) is 7.61. The van der Waals surface area contributed by atoms with E-state index >= 15 is 0 Å². The van der Waals surface area contributed by atoms with Crippen molar-refractivity contribution in [1.29, 1.82) is 5.26 Å². The van der Waals surface area contributed by atoms with Crippen LogP contribution in [0.3, 0.4) is 0 Å². The molecule has 3 aromatic rings. The molecule has 4 heteroatoms. The van der Waals surface area contributed by atoms with Crippen LogP contribution in [0.5, 0.6) is 0 Å². The lowest BCUT2D eigenvalue weighted by Crippen LogP contribution is -2.11. The molecule has 2 N–H and O–H groups in total. The summed E-state index contributed by atoms with van der Waals surface area (Å²) in [6, 6.07) is 15.8. The van der Waals surface area contributed by atoms with Crippen LogP contribution in [0, 0.1) is 11.3 Å². The molecular formula is C19H15N3O. The molecule has 1 unspecified atom stereocenters. The summed E-state index contributed by atoms with van der Waals surface area (Å²) >= 11 is 0. The van der Waals surface area contributed by atoms with Gasteiger partial charge in [0, 0.05) is 23.4 Å². The van der Waals surface area contributed by atoms with Crippen molar-refractivity contribution in [2.75, 3.05) is 11.9 Å². The van der Waals surface area contributed by atoms with Crippen molar-refractivity contribution in [3.8, 4) is 17.2 Å². The number of aromatic nitrogens is 1. The molecule has 1 aromatic heterocycles. The summed E-state index contributed by atoms with van der Waals surface area (Å²) in [4.78, 5) is 15.1. The van der Waals surface area contributed by atoms with E-state index in [1.165, 1.54) is 0 Å². The van der Waals surface area contributed by atoms with Crippen LogP contribution in [0.4, 0.5) is 5.69 Å². The van der Waals surface area contributed by atoms with Crippen molar-refractivity contribution in [2.24, 2.45) is 0 Å². The lowest BCUT2D eigenvalue weighted by molar-refractivity contribution is 0.860. The van der Waals surface area contributed by atoms with Crippen LogP contribution in [-0.2, 0) is 0 Å². The first-order valence-electron chi connectivity index (χ1n) is 7.61. The van der Waals surface area contributed by atoms with E-state index in [9.17, 15) is 4.79 Å². The topological polar surface area (TPSA) is 68.7 Å². The predicted octanol–water partition coefficient (Wildman–Crippen LogP) is 3.60. The molecule has 1 aliphatic heterocycles.